The number of rotatable bonds is 2. The van der Waals surface area contributed by atoms with Gasteiger partial charge in [-0.3, -0.25) is 4.79 Å². The standard InChI is InChI=1S/C9H7NO3/c10-6-3-4-12-7-1-2-8(9(6)7)13-5-11/h1-5H,10H2. The van der Waals surface area contributed by atoms with Crippen LogP contribution in [0.3, 0.4) is 0 Å². The number of nitrogen functional groups attached to an aromatic ring is 1. The summed E-state index contributed by atoms with van der Waals surface area (Å²) in [6.07, 6.45) is 1.49. The summed E-state index contributed by atoms with van der Waals surface area (Å²) in [4.78, 5) is 10.1. The smallest absolute Gasteiger partial charge is 0.298 e. The number of fused-ring (bicyclic) bond motifs is 1. The first kappa shape index (κ1) is 7.67. The van der Waals surface area contributed by atoms with Crippen LogP contribution in [0.25, 0.3) is 11.3 Å². The summed E-state index contributed by atoms with van der Waals surface area (Å²) in [6.45, 7) is 0.362. The molecule has 2 aliphatic rings. The van der Waals surface area contributed by atoms with Crippen LogP contribution in [0.5, 0.6) is 5.75 Å². The maximum absolute atomic E-state index is 10.1. The van der Waals surface area contributed by atoms with Crippen LogP contribution in [-0.4, -0.2) is 6.47 Å². The van der Waals surface area contributed by atoms with Crippen molar-refractivity contribution in [1.82, 2.24) is 0 Å². The first-order valence-corrected chi connectivity index (χ1v) is 3.69. The van der Waals surface area contributed by atoms with Gasteiger partial charge in [-0.15, -0.1) is 0 Å². The van der Waals surface area contributed by atoms with Gasteiger partial charge in [0, 0.05) is 5.69 Å². The Morgan fingerprint density at radius 1 is 1.38 bits per heavy atom. The second-order valence-corrected chi connectivity index (χ2v) is 2.53. The van der Waals surface area contributed by atoms with Crippen molar-refractivity contribution in [3.8, 4) is 17.1 Å². The monoisotopic (exact) mass is 177 g/mol. The number of anilines is 1. The molecule has 0 saturated heterocycles. The SMILES string of the molecule is Nc1ccoc2ccc(OC=O)c1-2. The molecule has 0 aromatic heterocycles. The minimum Gasteiger partial charge on any atom is -0.464 e. The van der Waals surface area contributed by atoms with E-state index >= 15 is 0 Å². The zero-order chi connectivity index (χ0) is 9.26. The van der Waals surface area contributed by atoms with E-state index in [1.54, 1.807) is 18.2 Å². The van der Waals surface area contributed by atoms with Crippen LogP contribution >= 0.6 is 0 Å². The molecule has 0 bridgehead atoms. The zero-order valence-electron chi connectivity index (χ0n) is 6.69. The number of carbonyl (C=O) groups excluding carboxylic acids is 1. The Bertz CT molecular complexity index is 408. The van der Waals surface area contributed by atoms with Crippen molar-refractivity contribution in [2.45, 2.75) is 0 Å². The average Bonchev–Trinajstić information content (AvgIpc) is 2.51. The minimum atomic E-state index is 0.362. The van der Waals surface area contributed by atoms with E-state index in [9.17, 15) is 4.79 Å². The Labute approximate surface area is 74.2 Å². The van der Waals surface area contributed by atoms with Gasteiger partial charge >= 0.3 is 0 Å². The van der Waals surface area contributed by atoms with Crippen molar-refractivity contribution in [2.75, 3.05) is 5.73 Å². The van der Waals surface area contributed by atoms with Gasteiger partial charge in [-0.05, 0) is 18.2 Å². The van der Waals surface area contributed by atoms with Crippen molar-refractivity contribution in [3.05, 3.63) is 24.5 Å². The molecule has 0 saturated carbocycles. The first-order valence-electron chi connectivity index (χ1n) is 3.69. The van der Waals surface area contributed by atoms with E-state index in [-0.39, 0.29) is 0 Å². The van der Waals surface area contributed by atoms with Crippen LogP contribution in [-0.2, 0) is 4.79 Å². The fourth-order valence-corrected chi connectivity index (χ4v) is 1.24. The highest BCUT2D eigenvalue weighted by atomic mass is 16.5. The lowest BCUT2D eigenvalue weighted by atomic mass is 10.2. The van der Waals surface area contributed by atoms with Gasteiger partial charge in [0.05, 0.1) is 11.8 Å². The number of carbonyl (C=O) groups is 1. The Kier molecular flexibility index (Phi) is 1.66. The molecule has 0 spiro atoms. The summed E-state index contributed by atoms with van der Waals surface area (Å²) in [5.74, 6) is 1.03. The van der Waals surface area contributed by atoms with Gasteiger partial charge in [-0.2, -0.15) is 0 Å². The average molecular weight is 177 g/mol. The Morgan fingerprint density at radius 2 is 2.23 bits per heavy atom. The van der Waals surface area contributed by atoms with Crippen molar-refractivity contribution in [1.29, 1.82) is 0 Å². The molecule has 2 rings (SSSR count). The molecule has 1 aliphatic heterocycles. The molecule has 0 atom stereocenters. The molecule has 13 heavy (non-hydrogen) atoms. The van der Waals surface area contributed by atoms with Gasteiger partial charge in [0.15, 0.2) is 0 Å². The molecule has 4 nitrogen and oxygen atoms in total. The largest absolute Gasteiger partial charge is 0.464 e. The van der Waals surface area contributed by atoms with Gasteiger partial charge in [0.2, 0.25) is 0 Å². The quantitative estimate of drug-likeness (QED) is 0.706. The van der Waals surface area contributed by atoms with E-state index in [0.717, 1.165) is 0 Å². The van der Waals surface area contributed by atoms with Crippen LogP contribution in [0, 0.1) is 0 Å². The molecular formula is C9H7NO3. The fourth-order valence-electron chi connectivity index (χ4n) is 1.24. The maximum atomic E-state index is 10.1. The molecular weight excluding hydrogens is 170 g/mol. The van der Waals surface area contributed by atoms with E-state index in [0.29, 0.717) is 29.2 Å². The molecule has 0 radical (unpaired) electrons. The summed E-state index contributed by atoms with van der Waals surface area (Å²) in [5, 5.41) is 0. The lowest BCUT2D eigenvalue weighted by Gasteiger charge is -2.03. The summed E-state index contributed by atoms with van der Waals surface area (Å²) < 4.78 is 9.86. The normalized spacial score (nSPS) is 10.2. The molecule has 0 amide bonds. The molecule has 4 heteroatoms. The predicted octanol–water partition coefficient (Wildman–Crippen LogP) is 1.50. The second-order valence-electron chi connectivity index (χ2n) is 2.53. The maximum Gasteiger partial charge on any atom is 0.298 e. The molecule has 0 aromatic carbocycles. The highest BCUT2D eigenvalue weighted by Gasteiger charge is 2.15. The first-order chi connectivity index (χ1) is 6.33. The molecule has 1 aliphatic carbocycles. The number of nitrogens with two attached hydrogens (primary N) is 1. The molecule has 66 valence electrons. The summed E-state index contributed by atoms with van der Waals surface area (Å²) >= 11 is 0. The van der Waals surface area contributed by atoms with Crippen LogP contribution < -0.4 is 10.5 Å². The van der Waals surface area contributed by atoms with E-state index in [1.807, 2.05) is 0 Å². The predicted molar refractivity (Wildman–Crippen MR) is 46.4 cm³/mol. The summed E-state index contributed by atoms with van der Waals surface area (Å²) in [7, 11) is 0. The number of hydrogen-bond donors (Lipinski definition) is 1. The Morgan fingerprint density at radius 3 is 3.00 bits per heavy atom. The fraction of sp³-hybridized carbons (Fsp3) is 0. The summed E-state index contributed by atoms with van der Waals surface area (Å²) in [5.41, 5.74) is 6.84. The molecule has 0 unspecified atom stereocenters. The van der Waals surface area contributed by atoms with Crippen LogP contribution in [0.2, 0.25) is 0 Å². The zero-order valence-corrected chi connectivity index (χ0v) is 6.69. The lowest BCUT2D eigenvalue weighted by Crippen LogP contribution is -1.92. The lowest BCUT2D eigenvalue weighted by molar-refractivity contribution is -0.120. The molecule has 0 aromatic rings. The third-order valence-corrected chi connectivity index (χ3v) is 1.79. The summed E-state index contributed by atoms with van der Waals surface area (Å²) in [6, 6.07) is 4.95. The molecule has 1 heterocycles. The van der Waals surface area contributed by atoms with Gasteiger partial charge in [-0.25, -0.2) is 0 Å². The van der Waals surface area contributed by atoms with Crippen molar-refractivity contribution in [3.63, 3.8) is 0 Å². The van der Waals surface area contributed by atoms with E-state index < -0.39 is 0 Å². The molecule has 2 N–H and O–H groups in total. The Balaban J connectivity index is 2.61. The topological polar surface area (TPSA) is 65.5 Å². The number of ether oxygens (including phenoxy) is 1. The number of hydrogen-bond acceptors (Lipinski definition) is 4. The van der Waals surface area contributed by atoms with Crippen molar-refractivity contribution >= 4 is 12.2 Å². The van der Waals surface area contributed by atoms with Crippen LogP contribution in [0.15, 0.2) is 28.9 Å². The van der Waals surface area contributed by atoms with E-state index in [4.69, 9.17) is 14.9 Å². The van der Waals surface area contributed by atoms with E-state index in [2.05, 4.69) is 0 Å². The Hall–Kier alpha value is -1.97. The van der Waals surface area contributed by atoms with Gasteiger partial charge in [0.1, 0.15) is 11.5 Å². The van der Waals surface area contributed by atoms with Crippen LogP contribution in [0.1, 0.15) is 0 Å². The second kappa shape index (κ2) is 2.82. The third-order valence-electron chi connectivity index (χ3n) is 1.79. The van der Waals surface area contributed by atoms with E-state index in [1.165, 1.54) is 6.26 Å². The third kappa shape index (κ3) is 1.12. The van der Waals surface area contributed by atoms with Crippen molar-refractivity contribution < 1.29 is 13.9 Å². The minimum absolute atomic E-state index is 0.362. The van der Waals surface area contributed by atoms with Gasteiger partial charge in [-0.1, -0.05) is 0 Å². The van der Waals surface area contributed by atoms with Crippen LogP contribution in [0.4, 0.5) is 5.69 Å². The van der Waals surface area contributed by atoms with Gasteiger partial charge in [0.25, 0.3) is 6.47 Å². The highest BCUT2D eigenvalue weighted by Crippen LogP contribution is 2.38. The van der Waals surface area contributed by atoms with Crippen molar-refractivity contribution in [2.24, 2.45) is 0 Å². The molecule has 0 fully saturated rings. The highest BCUT2D eigenvalue weighted by molar-refractivity contribution is 5.81. The van der Waals surface area contributed by atoms with Gasteiger partial charge < -0.3 is 14.9 Å².